The summed E-state index contributed by atoms with van der Waals surface area (Å²) in [6.45, 7) is 3.01. The third-order valence-electron chi connectivity index (χ3n) is 6.07. The highest BCUT2D eigenvalue weighted by molar-refractivity contribution is 5.79. The number of carbonyl (C=O) groups excluding carboxylic acids is 1. The Morgan fingerprint density at radius 1 is 0.906 bits per heavy atom. The topological polar surface area (TPSA) is 66.8 Å². The Labute approximate surface area is 188 Å². The van der Waals surface area contributed by atoms with Gasteiger partial charge < -0.3 is 14.7 Å². The quantitative estimate of drug-likeness (QED) is 0.611. The first kappa shape index (κ1) is 21.6. The molecule has 164 valence electrons. The monoisotopic (exact) mass is 429 g/mol. The fraction of sp³-hybridized carbons (Fsp3) is 0.259. The molecule has 1 unspecified atom stereocenters. The molecule has 5 rings (SSSR count). The van der Waals surface area contributed by atoms with E-state index < -0.39 is 18.0 Å². The number of nitrogens with zero attached hydrogens (tertiary/aromatic N) is 1. The highest BCUT2D eigenvalue weighted by Gasteiger charge is 2.33. The van der Waals surface area contributed by atoms with Crippen LogP contribution >= 0.6 is 0 Å². The van der Waals surface area contributed by atoms with Crippen molar-refractivity contribution in [3.05, 3.63) is 95.6 Å². The van der Waals surface area contributed by atoms with Gasteiger partial charge >= 0.3 is 12.1 Å². The number of hydrogen-bond acceptors (Lipinski definition) is 3. The van der Waals surface area contributed by atoms with Crippen LogP contribution in [0.15, 0.2) is 78.9 Å². The molecule has 1 amide bonds. The number of aryl methyl sites for hydroxylation is 1. The molecule has 0 bridgehead atoms. The van der Waals surface area contributed by atoms with Crippen molar-refractivity contribution in [1.82, 2.24) is 4.90 Å². The molecule has 0 radical (unpaired) electrons. The number of carbonyl (C=O) groups is 2. The smallest absolute Gasteiger partial charge is 0.409 e. The maximum absolute atomic E-state index is 12.3. The Bertz CT molecular complexity index is 1050. The van der Waals surface area contributed by atoms with Gasteiger partial charge in [-0.3, -0.25) is 4.79 Å². The molecule has 0 spiro atoms. The van der Waals surface area contributed by atoms with E-state index in [1.54, 1.807) is 0 Å². The highest BCUT2D eigenvalue weighted by Crippen LogP contribution is 2.44. The van der Waals surface area contributed by atoms with Gasteiger partial charge in [-0.1, -0.05) is 84.4 Å². The van der Waals surface area contributed by atoms with Crippen molar-refractivity contribution in [2.75, 3.05) is 19.7 Å². The minimum Gasteiger partial charge on any atom is -0.481 e. The van der Waals surface area contributed by atoms with Gasteiger partial charge in [-0.05, 0) is 35.6 Å². The number of rotatable bonds is 3. The summed E-state index contributed by atoms with van der Waals surface area (Å²) in [5.41, 5.74) is 6.03. The molecule has 5 heteroatoms. The van der Waals surface area contributed by atoms with Crippen LogP contribution in [0.25, 0.3) is 11.1 Å². The van der Waals surface area contributed by atoms with E-state index in [-0.39, 0.29) is 19.1 Å². The molecule has 2 aliphatic rings. The lowest BCUT2D eigenvalue weighted by Crippen LogP contribution is -2.31. The summed E-state index contributed by atoms with van der Waals surface area (Å²) < 4.78 is 5.55. The molecule has 0 aromatic heterocycles. The van der Waals surface area contributed by atoms with Gasteiger partial charge in [0, 0.05) is 19.0 Å². The second-order valence-corrected chi connectivity index (χ2v) is 8.23. The molecule has 32 heavy (non-hydrogen) atoms. The molecule has 3 aromatic rings. The second-order valence-electron chi connectivity index (χ2n) is 8.23. The molecule has 1 heterocycles. The minimum absolute atomic E-state index is 0.0224. The molecule has 0 saturated carbocycles. The van der Waals surface area contributed by atoms with Crippen LogP contribution in [0.1, 0.15) is 29.0 Å². The molecule has 1 N–H and O–H groups in total. The summed E-state index contributed by atoms with van der Waals surface area (Å²) in [6, 6.07) is 26.6. The van der Waals surface area contributed by atoms with Crippen molar-refractivity contribution in [2.45, 2.75) is 19.3 Å². The Morgan fingerprint density at radius 3 is 1.97 bits per heavy atom. The number of likely N-dealkylation sites (tertiary alicyclic amines) is 1. The number of hydrogen-bond donors (Lipinski definition) is 1. The molecule has 1 saturated heterocycles. The molecule has 3 aromatic carbocycles. The van der Waals surface area contributed by atoms with E-state index in [9.17, 15) is 9.59 Å². The van der Waals surface area contributed by atoms with Crippen LogP contribution in [-0.2, 0) is 9.53 Å². The SMILES string of the molecule is Cc1ccccc1.O=C(O)C1CCN(C(=O)OCC2c3ccccc3-c3ccccc32)C1. The van der Waals surface area contributed by atoms with Gasteiger partial charge in [0.1, 0.15) is 6.61 Å². The molecule has 1 atom stereocenters. The van der Waals surface area contributed by atoms with Crippen molar-refractivity contribution in [3.8, 4) is 11.1 Å². The van der Waals surface area contributed by atoms with Gasteiger partial charge in [0.25, 0.3) is 0 Å². The third kappa shape index (κ3) is 4.67. The van der Waals surface area contributed by atoms with Gasteiger partial charge in [-0.25, -0.2) is 4.79 Å². The van der Waals surface area contributed by atoms with Gasteiger partial charge in [0.05, 0.1) is 5.92 Å². The summed E-state index contributed by atoms with van der Waals surface area (Å²) >= 11 is 0. The predicted molar refractivity (Wildman–Crippen MR) is 124 cm³/mol. The van der Waals surface area contributed by atoms with Crippen molar-refractivity contribution < 1.29 is 19.4 Å². The van der Waals surface area contributed by atoms with Gasteiger partial charge in [-0.2, -0.15) is 0 Å². The number of carboxylic acids is 1. The zero-order chi connectivity index (χ0) is 22.5. The van der Waals surface area contributed by atoms with Crippen LogP contribution in [0.4, 0.5) is 4.79 Å². The van der Waals surface area contributed by atoms with E-state index >= 15 is 0 Å². The Kier molecular flexibility index (Phi) is 6.55. The first-order valence-electron chi connectivity index (χ1n) is 10.9. The zero-order valence-corrected chi connectivity index (χ0v) is 18.1. The van der Waals surface area contributed by atoms with Crippen LogP contribution in [-0.4, -0.2) is 41.8 Å². The number of fused-ring (bicyclic) bond motifs is 3. The first-order chi connectivity index (χ1) is 15.5. The molecule has 1 aliphatic carbocycles. The largest absolute Gasteiger partial charge is 0.481 e. The predicted octanol–water partition coefficient (Wildman–Crippen LogP) is 5.34. The normalized spacial score (nSPS) is 16.5. The Balaban J connectivity index is 0.000000300. The van der Waals surface area contributed by atoms with Crippen molar-refractivity contribution in [2.24, 2.45) is 5.92 Å². The van der Waals surface area contributed by atoms with E-state index in [0.717, 1.165) is 0 Å². The first-order valence-corrected chi connectivity index (χ1v) is 10.9. The maximum Gasteiger partial charge on any atom is 0.409 e. The second kappa shape index (κ2) is 9.69. The van der Waals surface area contributed by atoms with Crippen LogP contribution in [0.3, 0.4) is 0 Å². The Morgan fingerprint density at radius 2 is 1.47 bits per heavy atom. The molecular weight excluding hydrogens is 402 g/mol. The van der Waals surface area contributed by atoms with E-state index in [1.807, 2.05) is 42.5 Å². The zero-order valence-electron chi connectivity index (χ0n) is 18.1. The summed E-state index contributed by atoms with van der Waals surface area (Å²) in [5, 5.41) is 9.06. The lowest BCUT2D eigenvalue weighted by atomic mass is 9.98. The number of amides is 1. The highest BCUT2D eigenvalue weighted by atomic mass is 16.6. The van der Waals surface area contributed by atoms with Crippen molar-refractivity contribution >= 4 is 12.1 Å². The summed E-state index contributed by atoms with van der Waals surface area (Å²) in [5.74, 6) is -1.32. The number of ether oxygens (including phenoxy) is 1. The fourth-order valence-corrected chi connectivity index (χ4v) is 4.35. The number of aliphatic carboxylic acids is 1. The average molecular weight is 430 g/mol. The summed E-state index contributed by atoms with van der Waals surface area (Å²) in [7, 11) is 0. The summed E-state index contributed by atoms with van der Waals surface area (Å²) in [6.07, 6.45) is 0.0603. The maximum atomic E-state index is 12.3. The number of carboxylic acid groups (broad SMARTS) is 1. The Hall–Kier alpha value is -3.60. The van der Waals surface area contributed by atoms with E-state index in [0.29, 0.717) is 13.0 Å². The van der Waals surface area contributed by atoms with E-state index in [1.165, 1.54) is 32.7 Å². The average Bonchev–Trinajstić information content (AvgIpc) is 3.43. The van der Waals surface area contributed by atoms with Crippen LogP contribution < -0.4 is 0 Å². The minimum atomic E-state index is -0.853. The molecular formula is C27H27NO4. The molecule has 5 nitrogen and oxygen atoms in total. The van der Waals surface area contributed by atoms with Crippen molar-refractivity contribution in [1.29, 1.82) is 0 Å². The van der Waals surface area contributed by atoms with Crippen molar-refractivity contribution in [3.63, 3.8) is 0 Å². The fourth-order valence-electron chi connectivity index (χ4n) is 4.35. The molecule has 1 fully saturated rings. The van der Waals surface area contributed by atoms with E-state index in [4.69, 9.17) is 9.84 Å². The summed E-state index contributed by atoms with van der Waals surface area (Å²) in [4.78, 5) is 24.8. The van der Waals surface area contributed by atoms with Gasteiger partial charge in [-0.15, -0.1) is 0 Å². The lowest BCUT2D eigenvalue weighted by Gasteiger charge is -2.19. The molecule has 1 aliphatic heterocycles. The number of benzene rings is 3. The lowest BCUT2D eigenvalue weighted by molar-refractivity contribution is -0.141. The van der Waals surface area contributed by atoms with Crippen LogP contribution in [0.2, 0.25) is 0 Å². The van der Waals surface area contributed by atoms with Crippen LogP contribution in [0, 0.1) is 12.8 Å². The third-order valence-corrected chi connectivity index (χ3v) is 6.07. The van der Waals surface area contributed by atoms with Gasteiger partial charge in [0.2, 0.25) is 0 Å². The van der Waals surface area contributed by atoms with Gasteiger partial charge in [0.15, 0.2) is 0 Å². The van der Waals surface area contributed by atoms with Crippen LogP contribution in [0.5, 0.6) is 0 Å². The van der Waals surface area contributed by atoms with E-state index in [2.05, 4.69) is 43.3 Å². The standard InChI is InChI=1S/C20H19NO4.C7H8/c22-19(23)13-9-10-21(11-13)20(24)25-12-18-16-7-3-1-5-14(16)15-6-2-4-8-17(15)18;1-7-5-3-2-4-6-7/h1-8,13,18H,9-12H2,(H,22,23);2-6H,1H3.